The second kappa shape index (κ2) is 6.97. The van der Waals surface area contributed by atoms with Gasteiger partial charge >= 0.3 is 0 Å². The van der Waals surface area contributed by atoms with Gasteiger partial charge < -0.3 is 16.2 Å². The van der Waals surface area contributed by atoms with Crippen molar-refractivity contribution in [2.45, 2.75) is 57.9 Å². The number of carbonyl (C=O) groups is 1. The lowest BCUT2D eigenvalue weighted by atomic mass is 9.79. The van der Waals surface area contributed by atoms with E-state index >= 15 is 0 Å². The van der Waals surface area contributed by atoms with Crippen LogP contribution in [0.4, 0.5) is 0 Å². The van der Waals surface area contributed by atoms with Crippen LogP contribution < -0.4 is 11.1 Å². The maximum Gasteiger partial charge on any atom is 0.227 e. The zero-order valence-corrected chi connectivity index (χ0v) is 10.9. The monoisotopic (exact) mass is 242 g/mol. The predicted octanol–water partition coefficient (Wildman–Crippen LogP) is 1.17. The third-order valence-electron chi connectivity index (χ3n) is 3.98. The molecule has 0 aromatic carbocycles. The molecular weight excluding hydrogens is 216 g/mol. The van der Waals surface area contributed by atoms with Gasteiger partial charge in [0.25, 0.3) is 0 Å². The van der Waals surface area contributed by atoms with Crippen LogP contribution in [0.2, 0.25) is 0 Å². The smallest absolute Gasteiger partial charge is 0.227 e. The quantitative estimate of drug-likeness (QED) is 0.634. The molecule has 0 spiro atoms. The lowest BCUT2D eigenvalue weighted by Gasteiger charge is -2.31. The van der Waals surface area contributed by atoms with Crippen LogP contribution in [-0.4, -0.2) is 30.2 Å². The van der Waals surface area contributed by atoms with E-state index in [0.717, 1.165) is 32.1 Å². The molecule has 4 heteroatoms. The van der Waals surface area contributed by atoms with E-state index in [4.69, 9.17) is 10.8 Å². The van der Waals surface area contributed by atoms with Gasteiger partial charge in [-0.15, -0.1) is 0 Å². The molecule has 1 atom stereocenters. The van der Waals surface area contributed by atoms with Gasteiger partial charge in [0, 0.05) is 6.54 Å². The summed E-state index contributed by atoms with van der Waals surface area (Å²) in [5.74, 6) is 0.0443. The summed E-state index contributed by atoms with van der Waals surface area (Å²) in [7, 11) is 0. The number of hydrogen-bond donors (Lipinski definition) is 3. The standard InChI is InChI=1S/C13H26N2O2/c1-2-11(9-16)15-12(17)13(10-14)7-5-3-4-6-8-13/h11,16H,2-10,14H2,1H3,(H,15,17). The Morgan fingerprint density at radius 3 is 2.35 bits per heavy atom. The van der Waals surface area contributed by atoms with Gasteiger partial charge in [-0.3, -0.25) is 4.79 Å². The fourth-order valence-corrected chi connectivity index (χ4v) is 2.54. The van der Waals surface area contributed by atoms with Crippen LogP contribution in [0.5, 0.6) is 0 Å². The van der Waals surface area contributed by atoms with Gasteiger partial charge in [-0.2, -0.15) is 0 Å². The SMILES string of the molecule is CCC(CO)NC(=O)C1(CN)CCCCCC1. The highest BCUT2D eigenvalue weighted by atomic mass is 16.3. The van der Waals surface area contributed by atoms with Gasteiger partial charge in [-0.25, -0.2) is 0 Å². The van der Waals surface area contributed by atoms with E-state index < -0.39 is 0 Å². The largest absolute Gasteiger partial charge is 0.394 e. The van der Waals surface area contributed by atoms with E-state index in [1.54, 1.807) is 0 Å². The van der Waals surface area contributed by atoms with Crippen LogP contribution in [0.1, 0.15) is 51.9 Å². The molecule has 1 fully saturated rings. The van der Waals surface area contributed by atoms with Crippen molar-refractivity contribution in [1.29, 1.82) is 0 Å². The minimum Gasteiger partial charge on any atom is -0.394 e. The van der Waals surface area contributed by atoms with Crippen LogP contribution in [0.25, 0.3) is 0 Å². The predicted molar refractivity (Wildman–Crippen MR) is 68.5 cm³/mol. The molecule has 1 rings (SSSR count). The van der Waals surface area contributed by atoms with Crippen molar-refractivity contribution in [3.05, 3.63) is 0 Å². The first kappa shape index (κ1) is 14.5. The summed E-state index contributed by atoms with van der Waals surface area (Å²) in [5, 5.41) is 12.1. The summed E-state index contributed by atoms with van der Waals surface area (Å²) < 4.78 is 0. The van der Waals surface area contributed by atoms with Gasteiger partial charge in [-0.1, -0.05) is 32.6 Å². The molecule has 0 radical (unpaired) electrons. The molecule has 0 bridgehead atoms. The highest BCUT2D eigenvalue weighted by Gasteiger charge is 2.37. The van der Waals surface area contributed by atoms with Crippen LogP contribution in [0, 0.1) is 5.41 Å². The van der Waals surface area contributed by atoms with E-state index in [-0.39, 0.29) is 24.0 Å². The molecule has 0 heterocycles. The molecule has 1 aliphatic carbocycles. The van der Waals surface area contributed by atoms with Gasteiger partial charge in [0.1, 0.15) is 0 Å². The van der Waals surface area contributed by atoms with E-state index in [0.29, 0.717) is 6.54 Å². The lowest BCUT2D eigenvalue weighted by Crippen LogP contribution is -2.50. The first-order valence-corrected chi connectivity index (χ1v) is 6.80. The second-order valence-corrected chi connectivity index (χ2v) is 5.16. The topological polar surface area (TPSA) is 75.3 Å². The fraction of sp³-hybridized carbons (Fsp3) is 0.923. The molecule has 0 aliphatic heterocycles. The molecule has 1 aliphatic rings. The van der Waals surface area contributed by atoms with Crippen molar-refractivity contribution in [1.82, 2.24) is 5.32 Å². The van der Waals surface area contributed by atoms with E-state index in [1.807, 2.05) is 6.92 Å². The fourth-order valence-electron chi connectivity index (χ4n) is 2.54. The van der Waals surface area contributed by atoms with E-state index in [1.165, 1.54) is 12.8 Å². The number of hydrogen-bond acceptors (Lipinski definition) is 3. The van der Waals surface area contributed by atoms with Crippen molar-refractivity contribution in [3.8, 4) is 0 Å². The Labute approximate surface area is 104 Å². The Kier molecular flexibility index (Phi) is 5.92. The normalized spacial score (nSPS) is 21.6. The molecule has 1 unspecified atom stereocenters. The van der Waals surface area contributed by atoms with Gasteiger partial charge in [0.05, 0.1) is 18.1 Å². The van der Waals surface area contributed by atoms with E-state index in [9.17, 15) is 4.79 Å². The summed E-state index contributed by atoms with van der Waals surface area (Å²) >= 11 is 0. The summed E-state index contributed by atoms with van der Waals surface area (Å²) in [5.41, 5.74) is 5.45. The molecule has 4 N–H and O–H groups in total. The average Bonchev–Trinajstić information content (AvgIpc) is 2.61. The number of aliphatic hydroxyl groups excluding tert-OH is 1. The Balaban J connectivity index is 2.66. The molecule has 1 saturated carbocycles. The molecule has 4 nitrogen and oxygen atoms in total. The van der Waals surface area contributed by atoms with Crippen molar-refractivity contribution in [2.24, 2.45) is 11.1 Å². The number of aliphatic hydroxyl groups is 1. The molecule has 0 saturated heterocycles. The van der Waals surface area contributed by atoms with Crippen LogP contribution in [-0.2, 0) is 4.79 Å². The first-order chi connectivity index (χ1) is 8.18. The first-order valence-electron chi connectivity index (χ1n) is 6.80. The highest BCUT2D eigenvalue weighted by Crippen LogP contribution is 2.34. The summed E-state index contributed by atoms with van der Waals surface area (Å²) in [6, 6.07) is -0.130. The Hall–Kier alpha value is -0.610. The van der Waals surface area contributed by atoms with Crippen molar-refractivity contribution >= 4 is 5.91 Å². The zero-order valence-electron chi connectivity index (χ0n) is 10.9. The number of amides is 1. The zero-order chi connectivity index (χ0) is 12.7. The summed E-state index contributed by atoms with van der Waals surface area (Å²) in [4.78, 5) is 12.3. The third-order valence-corrected chi connectivity index (χ3v) is 3.98. The Morgan fingerprint density at radius 2 is 1.94 bits per heavy atom. The average molecular weight is 242 g/mol. The second-order valence-electron chi connectivity index (χ2n) is 5.16. The minimum absolute atomic E-state index is 0.00287. The minimum atomic E-state index is -0.390. The number of nitrogens with one attached hydrogen (secondary N) is 1. The molecule has 17 heavy (non-hydrogen) atoms. The third kappa shape index (κ3) is 3.68. The maximum absolute atomic E-state index is 12.3. The molecule has 0 aromatic heterocycles. The Bertz CT molecular complexity index is 232. The van der Waals surface area contributed by atoms with Crippen molar-refractivity contribution in [2.75, 3.05) is 13.2 Å². The number of nitrogens with two attached hydrogens (primary N) is 1. The van der Waals surface area contributed by atoms with Gasteiger partial charge in [-0.05, 0) is 19.3 Å². The molecule has 1 amide bonds. The number of rotatable bonds is 5. The highest BCUT2D eigenvalue weighted by molar-refractivity contribution is 5.83. The van der Waals surface area contributed by atoms with Gasteiger partial charge in [0.2, 0.25) is 5.91 Å². The van der Waals surface area contributed by atoms with Crippen LogP contribution in [0.15, 0.2) is 0 Å². The van der Waals surface area contributed by atoms with E-state index in [2.05, 4.69) is 5.32 Å². The molecular formula is C13H26N2O2. The Morgan fingerprint density at radius 1 is 1.35 bits per heavy atom. The summed E-state index contributed by atoms with van der Waals surface area (Å²) in [6.07, 6.45) is 7.09. The lowest BCUT2D eigenvalue weighted by molar-refractivity contribution is -0.132. The van der Waals surface area contributed by atoms with Crippen LogP contribution >= 0.6 is 0 Å². The summed E-state index contributed by atoms with van der Waals surface area (Å²) in [6.45, 7) is 2.38. The maximum atomic E-state index is 12.3. The number of carbonyl (C=O) groups excluding carboxylic acids is 1. The molecule has 0 aromatic rings. The van der Waals surface area contributed by atoms with Crippen molar-refractivity contribution < 1.29 is 9.90 Å². The van der Waals surface area contributed by atoms with Crippen molar-refractivity contribution in [3.63, 3.8) is 0 Å². The van der Waals surface area contributed by atoms with Gasteiger partial charge in [0.15, 0.2) is 0 Å². The van der Waals surface area contributed by atoms with Crippen LogP contribution in [0.3, 0.4) is 0 Å². The molecule has 100 valence electrons.